The molecule has 5 aliphatic rings. The molecule has 5 atom stereocenters. The van der Waals surface area contributed by atoms with Crippen LogP contribution in [-0.2, 0) is 22.8 Å². The van der Waals surface area contributed by atoms with Crippen molar-refractivity contribution in [1.82, 2.24) is 9.80 Å². The summed E-state index contributed by atoms with van der Waals surface area (Å²) in [4.78, 5) is 18.0. The highest BCUT2D eigenvalue weighted by Gasteiger charge is 2.73. The third kappa shape index (κ3) is 4.43. The molecule has 2 bridgehead atoms. The molecule has 2 aromatic carbocycles. The number of piperidine rings is 1. The minimum Gasteiger partial charge on any atom is -0.504 e. The molecular weight excluding hydrogens is 557 g/mol. The fraction of sp³-hybridized carbons (Fsp3) is 0.559. The van der Waals surface area contributed by atoms with Crippen LogP contribution in [0.1, 0.15) is 68.2 Å². The van der Waals surface area contributed by atoms with E-state index in [-0.39, 0.29) is 17.7 Å². The van der Waals surface area contributed by atoms with E-state index in [0.29, 0.717) is 49.5 Å². The standard InChI is InChI=1S/C34H37F3N2O4/c1-20(2)18-39(28(41)12-7-21-5-9-24(10-6-21)34(35,36)37)25-13-14-33(42)27-17-23-8-11-26(40)30-29(23)32(33,31(25)43-30)15-16-38(27)19-22-3-4-22/h5-6,8-11,20,22,25,27,31,40,42H,3-4,13-19H2,1-2H3/t25-,27+,31-,32-,33-/m0/s1. The van der Waals surface area contributed by atoms with Gasteiger partial charge in [0, 0.05) is 36.2 Å². The number of alkyl halides is 3. The highest BCUT2D eigenvalue weighted by atomic mass is 19.4. The Hall–Kier alpha value is -3.22. The zero-order valence-corrected chi connectivity index (χ0v) is 24.5. The Balaban J connectivity index is 1.25. The number of phenolic OH excluding ortho intramolecular Hbond substituents is 1. The molecule has 0 aromatic heterocycles. The molecule has 6 nitrogen and oxygen atoms in total. The van der Waals surface area contributed by atoms with Crippen molar-refractivity contribution in [3.05, 3.63) is 58.7 Å². The van der Waals surface area contributed by atoms with Gasteiger partial charge in [-0.15, -0.1) is 0 Å². The van der Waals surface area contributed by atoms with Crippen LogP contribution in [0.3, 0.4) is 0 Å². The average Bonchev–Trinajstić information content (AvgIpc) is 3.70. The lowest BCUT2D eigenvalue weighted by molar-refractivity contribution is -0.201. The predicted molar refractivity (Wildman–Crippen MR) is 153 cm³/mol. The Morgan fingerprint density at radius 2 is 1.88 bits per heavy atom. The number of amides is 1. The number of halogens is 3. The lowest BCUT2D eigenvalue weighted by atomic mass is 9.48. The van der Waals surface area contributed by atoms with Gasteiger partial charge in [0.25, 0.3) is 5.91 Å². The molecule has 9 heteroatoms. The van der Waals surface area contributed by atoms with Crippen LogP contribution in [0.2, 0.25) is 0 Å². The summed E-state index contributed by atoms with van der Waals surface area (Å²) in [6.45, 7) is 6.24. The van der Waals surface area contributed by atoms with Crippen molar-refractivity contribution >= 4 is 5.91 Å². The second-order valence-corrected chi connectivity index (χ2v) is 13.6. The lowest BCUT2D eigenvalue weighted by Gasteiger charge is -2.64. The molecular formula is C34H37F3N2O4. The van der Waals surface area contributed by atoms with Gasteiger partial charge in [0.1, 0.15) is 6.10 Å². The van der Waals surface area contributed by atoms with Crippen LogP contribution in [0.15, 0.2) is 36.4 Å². The van der Waals surface area contributed by atoms with Crippen molar-refractivity contribution in [2.75, 3.05) is 19.6 Å². The van der Waals surface area contributed by atoms with Gasteiger partial charge in [-0.25, -0.2) is 0 Å². The number of nitrogens with zero attached hydrogens (tertiary/aromatic N) is 2. The van der Waals surface area contributed by atoms with Gasteiger partial charge >= 0.3 is 6.18 Å². The molecule has 2 aliphatic heterocycles. The van der Waals surface area contributed by atoms with E-state index in [1.165, 1.54) is 25.0 Å². The lowest BCUT2D eigenvalue weighted by Crippen LogP contribution is -2.78. The van der Waals surface area contributed by atoms with Crippen LogP contribution in [0.5, 0.6) is 11.5 Å². The van der Waals surface area contributed by atoms with Crippen molar-refractivity contribution in [2.24, 2.45) is 11.8 Å². The van der Waals surface area contributed by atoms with Crippen molar-refractivity contribution in [3.8, 4) is 23.3 Å². The number of carbonyl (C=O) groups excluding carboxylic acids is 1. The van der Waals surface area contributed by atoms with E-state index in [1.54, 1.807) is 11.0 Å². The first kappa shape index (κ1) is 28.5. The Bertz CT molecular complexity index is 1510. The predicted octanol–water partition coefficient (Wildman–Crippen LogP) is 4.88. The maximum Gasteiger partial charge on any atom is 0.416 e. The van der Waals surface area contributed by atoms with Gasteiger partial charge in [-0.2, -0.15) is 13.2 Å². The molecule has 2 saturated carbocycles. The molecule has 7 rings (SSSR count). The van der Waals surface area contributed by atoms with Gasteiger partial charge in [-0.05, 0) is 92.8 Å². The number of hydrogen-bond acceptors (Lipinski definition) is 5. The number of ether oxygens (including phenoxy) is 1. The van der Waals surface area contributed by atoms with Gasteiger partial charge in [-0.1, -0.05) is 25.8 Å². The number of phenols is 1. The van der Waals surface area contributed by atoms with Crippen LogP contribution < -0.4 is 4.74 Å². The second kappa shape index (κ2) is 9.90. The number of rotatable bonds is 5. The molecule has 1 saturated heterocycles. The number of carbonyl (C=O) groups is 1. The van der Waals surface area contributed by atoms with E-state index >= 15 is 0 Å². The van der Waals surface area contributed by atoms with Crippen LogP contribution >= 0.6 is 0 Å². The van der Waals surface area contributed by atoms with E-state index in [9.17, 15) is 28.2 Å². The largest absolute Gasteiger partial charge is 0.504 e. The van der Waals surface area contributed by atoms with Crippen molar-refractivity contribution in [1.29, 1.82) is 0 Å². The highest BCUT2D eigenvalue weighted by Crippen LogP contribution is 2.66. The first-order valence-corrected chi connectivity index (χ1v) is 15.4. The van der Waals surface area contributed by atoms with Crippen molar-refractivity contribution < 1.29 is 32.9 Å². The molecule has 0 radical (unpaired) electrons. The van der Waals surface area contributed by atoms with E-state index in [4.69, 9.17) is 4.74 Å². The van der Waals surface area contributed by atoms with Gasteiger partial charge in [0.2, 0.25) is 0 Å². The smallest absolute Gasteiger partial charge is 0.416 e. The summed E-state index contributed by atoms with van der Waals surface area (Å²) in [5.74, 6) is 6.29. The second-order valence-electron chi connectivity index (χ2n) is 13.6. The van der Waals surface area contributed by atoms with Crippen LogP contribution in [0.25, 0.3) is 0 Å². The Labute approximate surface area is 249 Å². The first-order valence-electron chi connectivity index (χ1n) is 15.4. The van der Waals surface area contributed by atoms with Crippen molar-refractivity contribution in [3.63, 3.8) is 0 Å². The zero-order valence-electron chi connectivity index (χ0n) is 24.5. The van der Waals surface area contributed by atoms with Crippen molar-refractivity contribution in [2.45, 2.75) is 87.8 Å². The minimum atomic E-state index is -4.45. The fourth-order valence-electron chi connectivity index (χ4n) is 8.48. The molecule has 3 aliphatic carbocycles. The summed E-state index contributed by atoms with van der Waals surface area (Å²) < 4.78 is 45.7. The fourth-order valence-corrected chi connectivity index (χ4v) is 8.48. The van der Waals surface area contributed by atoms with Gasteiger partial charge in [-0.3, -0.25) is 9.69 Å². The highest BCUT2D eigenvalue weighted by molar-refractivity contribution is 5.94. The number of likely N-dealkylation sites (tertiary alicyclic amines) is 1. The topological polar surface area (TPSA) is 73.2 Å². The number of aromatic hydroxyl groups is 1. The number of hydrogen-bond donors (Lipinski definition) is 2. The van der Waals surface area contributed by atoms with E-state index in [0.717, 1.165) is 36.3 Å². The van der Waals surface area contributed by atoms with Gasteiger partial charge in [0.05, 0.1) is 22.6 Å². The first-order chi connectivity index (χ1) is 20.4. The SMILES string of the molecule is CC(C)CN(C(=O)C#Cc1ccc(C(F)(F)F)cc1)[C@H]1CC[C@]2(O)[C@H]3Cc4ccc(O)c5c4[C@@]2(CCN3CC2CC2)[C@H]1O5. The third-order valence-electron chi connectivity index (χ3n) is 10.5. The normalized spacial score (nSPS) is 30.7. The zero-order chi connectivity index (χ0) is 30.3. The summed E-state index contributed by atoms with van der Waals surface area (Å²) >= 11 is 0. The molecule has 1 spiro atoms. The number of benzene rings is 2. The Kier molecular flexibility index (Phi) is 6.57. The summed E-state index contributed by atoms with van der Waals surface area (Å²) in [5, 5.41) is 23.7. The molecule has 1 amide bonds. The average molecular weight is 595 g/mol. The molecule has 228 valence electrons. The summed E-state index contributed by atoms with van der Waals surface area (Å²) in [6.07, 6.45) is -0.177. The molecule has 2 aromatic rings. The third-order valence-corrected chi connectivity index (χ3v) is 10.5. The van der Waals surface area contributed by atoms with E-state index < -0.39 is 40.8 Å². The van der Waals surface area contributed by atoms with Gasteiger partial charge < -0.3 is 19.8 Å². The van der Waals surface area contributed by atoms with E-state index in [2.05, 4.69) is 16.7 Å². The van der Waals surface area contributed by atoms with Crippen LogP contribution in [-0.4, -0.2) is 69.3 Å². The molecule has 2 heterocycles. The quantitative estimate of drug-likeness (QED) is 0.483. The van der Waals surface area contributed by atoms with Crippen LogP contribution in [0.4, 0.5) is 13.2 Å². The molecule has 43 heavy (non-hydrogen) atoms. The van der Waals surface area contributed by atoms with Gasteiger partial charge in [0.15, 0.2) is 11.5 Å². The Morgan fingerprint density at radius 3 is 2.56 bits per heavy atom. The monoisotopic (exact) mass is 594 g/mol. The molecule has 3 fully saturated rings. The molecule has 2 N–H and O–H groups in total. The summed E-state index contributed by atoms with van der Waals surface area (Å²) in [7, 11) is 0. The summed E-state index contributed by atoms with van der Waals surface area (Å²) in [6, 6.07) is 7.65. The van der Waals surface area contributed by atoms with Crippen LogP contribution in [0, 0.1) is 23.7 Å². The number of aliphatic hydroxyl groups is 1. The maximum absolute atomic E-state index is 13.8. The Morgan fingerprint density at radius 1 is 1.14 bits per heavy atom. The van der Waals surface area contributed by atoms with E-state index in [1.807, 2.05) is 19.9 Å². The maximum atomic E-state index is 13.8. The molecule has 0 unspecified atom stereocenters. The minimum absolute atomic E-state index is 0.0475. The summed E-state index contributed by atoms with van der Waals surface area (Å²) in [5.41, 5.74) is -0.284.